The van der Waals surface area contributed by atoms with Crippen LogP contribution >= 0.6 is 0 Å². The van der Waals surface area contributed by atoms with Crippen molar-refractivity contribution in [2.75, 3.05) is 19.6 Å². The van der Waals surface area contributed by atoms with Crippen LogP contribution in [0.25, 0.3) is 11.0 Å². The molecule has 0 fully saturated rings. The first kappa shape index (κ1) is 18.5. The summed E-state index contributed by atoms with van der Waals surface area (Å²) in [6.45, 7) is 13.2. The molecule has 0 spiro atoms. The Labute approximate surface area is 156 Å². The molecule has 2 aromatic carbocycles. The summed E-state index contributed by atoms with van der Waals surface area (Å²) >= 11 is 0. The lowest BCUT2D eigenvalue weighted by Crippen LogP contribution is -2.27. The van der Waals surface area contributed by atoms with Gasteiger partial charge in [0.1, 0.15) is 18.2 Å². The third-order valence-electron chi connectivity index (χ3n) is 5.18. The summed E-state index contributed by atoms with van der Waals surface area (Å²) in [4.78, 5) is 7.26. The number of aromatic nitrogens is 2. The Hall–Kier alpha value is -2.33. The van der Waals surface area contributed by atoms with Gasteiger partial charge in [0.2, 0.25) is 0 Å². The molecule has 3 aromatic rings. The van der Waals surface area contributed by atoms with Gasteiger partial charge in [0.15, 0.2) is 0 Å². The average molecular weight is 351 g/mol. The summed E-state index contributed by atoms with van der Waals surface area (Å²) in [5, 5.41) is 0. The van der Waals surface area contributed by atoms with Gasteiger partial charge in [0, 0.05) is 13.1 Å². The molecule has 0 aliphatic heterocycles. The zero-order valence-electron chi connectivity index (χ0n) is 16.3. The van der Waals surface area contributed by atoms with Gasteiger partial charge in [-0.1, -0.05) is 38.1 Å². The number of aryl methyl sites for hydroxylation is 1. The fraction of sp³-hybridized carbons (Fsp3) is 0.409. The first-order valence-corrected chi connectivity index (χ1v) is 9.49. The van der Waals surface area contributed by atoms with Gasteiger partial charge in [-0.3, -0.25) is 0 Å². The Bertz CT molecular complexity index is 865. The van der Waals surface area contributed by atoms with Crippen LogP contribution in [0.5, 0.6) is 5.75 Å². The molecule has 0 N–H and O–H groups in total. The van der Waals surface area contributed by atoms with Crippen LogP contribution < -0.4 is 4.74 Å². The van der Waals surface area contributed by atoms with E-state index in [1.807, 2.05) is 18.2 Å². The SMILES string of the molecule is CCN(CC)CCn1c(COc2cccc(C)c2C)nc2ccccc21. The Morgan fingerprint density at radius 2 is 1.77 bits per heavy atom. The molecule has 0 amide bonds. The van der Waals surface area contributed by atoms with E-state index in [9.17, 15) is 0 Å². The predicted molar refractivity (Wildman–Crippen MR) is 108 cm³/mol. The smallest absolute Gasteiger partial charge is 0.148 e. The molecule has 1 heterocycles. The molecule has 0 atom stereocenters. The molecule has 4 nitrogen and oxygen atoms in total. The zero-order chi connectivity index (χ0) is 18.5. The summed E-state index contributed by atoms with van der Waals surface area (Å²) < 4.78 is 8.44. The first-order chi connectivity index (χ1) is 12.6. The number of ether oxygens (including phenoxy) is 1. The van der Waals surface area contributed by atoms with Crippen LogP contribution in [-0.2, 0) is 13.2 Å². The van der Waals surface area contributed by atoms with Crippen LogP contribution in [0.2, 0.25) is 0 Å². The summed E-state index contributed by atoms with van der Waals surface area (Å²) in [7, 11) is 0. The van der Waals surface area contributed by atoms with Crippen LogP contribution in [0, 0.1) is 13.8 Å². The maximum atomic E-state index is 6.14. The van der Waals surface area contributed by atoms with Gasteiger partial charge in [0.25, 0.3) is 0 Å². The van der Waals surface area contributed by atoms with Crippen molar-refractivity contribution in [1.82, 2.24) is 14.5 Å². The number of nitrogens with zero attached hydrogens (tertiary/aromatic N) is 3. The van der Waals surface area contributed by atoms with E-state index in [-0.39, 0.29) is 0 Å². The second-order valence-corrected chi connectivity index (χ2v) is 6.68. The van der Waals surface area contributed by atoms with Gasteiger partial charge >= 0.3 is 0 Å². The summed E-state index contributed by atoms with van der Waals surface area (Å²) in [5.41, 5.74) is 4.65. The van der Waals surface area contributed by atoms with Crippen LogP contribution in [0.15, 0.2) is 42.5 Å². The number of rotatable bonds is 8. The molecular formula is C22H29N3O. The van der Waals surface area contributed by atoms with Gasteiger partial charge in [-0.05, 0) is 56.3 Å². The lowest BCUT2D eigenvalue weighted by atomic mass is 10.1. The highest BCUT2D eigenvalue weighted by atomic mass is 16.5. The number of fused-ring (bicyclic) bond motifs is 1. The van der Waals surface area contributed by atoms with E-state index in [0.717, 1.165) is 43.3 Å². The first-order valence-electron chi connectivity index (χ1n) is 9.49. The van der Waals surface area contributed by atoms with Crippen molar-refractivity contribution in [3.63, 3.8) is 0 Å². The monoisotopic (exact) mass is 351 g/mol. The number of likely N-dealkylation sites (N-methyl/N-ethyl adjacent to an activating group) is 1. The van der Waals surface area contributed by atoms with Gasteiger partial charge in [-0.25, -0.2) is 4.98 Å². The Morgan fingerprint density at radius 3 is 2.54 bits per heavy atom. The molecule has 138 valence electrons. The lowest BCUT2D eigenvalue weighted by molar-refractivity contribution is 0.270. The number of benzene rings is 2. The van der Waals surface area contributed by atoms with E-state index in [2.05, 4.69) is 61.4 Å². The fourth-order valence-corrected chi connectivity index (χ4v) is 3.29. The minimum atomic E-state index is 0.483. The third-order valence-corrected chi connectivity index (χ3v) is 5.18. The number of hydrogen-bond donors (Lipinski definition) is 0. The quantitative estimate of drug-likeness (QED) is 0.595. The van der Waals surface area contributed by atoms with Gasteiger partial charge < -0.3 is 14.2 Å². The molecule has 0 unspecified atom stereocenters. The van der Waals surface area contributed by atoms with Crippen molar-refractivity contribution < 1.29 is 4.74 Å². The van der Waals surface area contributed by atoms with Crippen molar-refractivity contribution in [1.29, 1.82) is 0 Å². The van der Waals surface area contributed by atoms with Crippen molar-refractivity contribution in [2.24, 2.45) is 0 Å². The highest BCUT2D eigenvalue weighted by Gasteiger charge is 2.13. The Morgan fingerprint density at radius 1 is 1.00 bits per heavy atom. The molecular weight excluding hydrogens is 322 g/mol. The number of imidazole rings is 1. The lowest BCUT2D eigenvalue weighted by Gasteiger charge is -2.19. The molecule has 3 rings (SSSR count). The topological polar surface area (TPSA) is 30.3 Å². The van der Waals surface area contributed by atoms with Crippen LogP contribution in [0.3, 0.4) is 0 Å². The Balaban J connectivity index is 1.84. The normalized spacial score (nSPS) is 11.4. The van der Waals surface area contributed by atoms with E-state index < -0.39 is 0 Å². The second-order valence-electron chi connectivity index (χ2n) is 6.68. The Kier molecular flexibility index (Phi) is 5.94. The standard InChI is InChI=1S/C22H29N3O/c1-5-24(6-2)14-15-25-20-12-8-7-11-19(20)23-22(25)16-26-21-13-9-10-17(3)18(21)4/h7-13H,5-6,14-16H2,1-4H3. The highest BCUT2D eigenvalue weighted by molar-refractivity contribution is 5.75. The molecule has 0 aliphatic rings. The maximum absolute atomic E-state index is 6.14. The van der Waals surface area contributed by atoms with E-state index in [1.165, 1.54) is 16.6 Å². The van der Waals surface area contributed by atoms with Gasteiger partial charge in [0.05, 0.1) is 11.0 Å². The van der Waals surface area contributed by atoms with Gasteiger partial charge in [-0.15, -0.1) is 0 Å². The van der Waals surface area contributed by atoms with Crippen molar-refractivity contribution in [3.8, 4) is 5.75 Å². The summed E-state index contributed by atoms with van der Waals surface area (Å²) in [6.07, 6.45) is 0. The minimum absolute atomic E-state index is 0.483. The fourth-order valence-electron chi connectivity index (χ4n) is 3.29. The molecule has 0 saturated carbocycles. The summed E-state index contributed by atoms with van der Waals surface area (Å²) in [5.74, 6) is 1.92. The van der Waals surface area contributed by atoms with Crippen LogP contribution in [0.1, 0.15) is 30.8 Å². The number of hydrogen-bond acceptors (Lipinski definition) is 3. The highest BCUT2D eigenvalue weighted by Crippen LogP contribution is 2.23. The van der Waals surface area contributed by atoms with E-state index in [1.54, 1.807) is 0 Å². The second kappa shape index (κ2) is 8.37. The van der Waals surface area contributed by atoms with Crippen LogP contribution in [-0.4, -0.2) is 34.1 Å². The number of para-hydroxylation sites is 2. The van der Waals surface area contributed by atoms with Crippen molar-refractivity contribution >= 4 is 11.0 Å². The zero-order valence-corrected chi connectivity index (χ0v) is 16.3. The van der Waals surface area contributed by atoms with Crippen molar-refractivity contribution in [3.05, 3.63) is 59.4 Å². The minimum Gasteiger partial charge on any atom is -0.485 e. The van der Waals surface area contributed by atoms with E-state index in [4.69, 9.17) is 9.72 Å². The van der Waals surface area contributed by atoms with Crippen LogP contribution in [0.4, 0.5) is 0 Å². The molecule has 0 radical (unpaired) electrons. The average Bonchev–Trinajstić information content (AvgIpc) is 3.01. The van der Waals surface area contributed by atoms with E-state index >= 15 is 0 Å². The van der Waals surface area contributed by atoms with Crippen molar-refractivity contribution in [2.45, 2.75) is 40.8 Å². The van der Waals surface area contributed by atoms with Gasteiger partial charge in [-0.2, -0.15) is 0 Å². The molecule has 26 heavy (non-hydrogen) atoms. The molecule has 0 bridgehead atoms. The summed E-state index contributed by atoms with van der Waals surface area (Å²) in [6, 6.07) is 14.5. The molecule has 0 saturated heterocycles. The molecule has 1 aromatic heterocycles. The predicted octanol–water partition coefficient (Wildman–Crippen LogP) is 4.57. The maximum Gasteiger partial charge on any atom is 0.148 e. The van der Waals surface area contributed by atoms with E-state index in [0.29, 0.717) is 6.61 Å². The third kappa shape index (κ3) is 3.91. The molecule has 0 aliphatic carbocycles. The largest absolute Gasteiger partial charge is 0.485 e. The molecule has 4 heteroatoms.